The normalized spacial score (nSPS) is 17.6. The lowest BCUT2D eigenvalue weighted by Gasteiger charge is -2.23. The zero-order valence-corrected chi connectivity index (χ0v) is 12.4. The van der Waals surface area contributed by atoms with E-state index in [0.717, 1.165) is 35.1 Å². The van der Waals surface area contributed by atoms with Crippen molar-refractivity contribution in [3.63, 3.8) is 0 Å². The van der Waals surface area contributed by atoms with Crippen molar-refractivity contribution in [1.29, 1.82) is 0 Å². The molecule has 1 heterocycles. The molecule has 5 heteroatoms. The molecule has 1 aliphatic rings. The van der Waals surface area contributed by atoms with Crippen LogP contribution in [0.25, 0.3) is 0 Å². The molecule has 0 radical (unpaired) electrons. The average molecular weight is 335 g/mol. The van der Waals surface area contributed by atoms with Gasteiger partial charge in [-0.2, -0.15) is 0 Å². The van der Waals surface area contributed by atoms with Gasteiger partial charge in [0.25, 0.3) is 5.91 Å². The van der Waals surface area contributed by atoms with Gasteiger partial charge in [0.1, 0.15) is 5.76 Å². The predicted octanol–water partition coefficient (Wildman–Crippen LogP) is 3.43. The number of aryl methyl sites for hydroxylation is 1. The molecule has 4 nitrogen and oxygen atoms in total. The van der Waals surface area contributed by atoms with Crippen LogP contribution in [0.5, 0.6) is 0 Å². The van der Waals surface area contributed by atoms with Crippen molar-refractivity contribution in [3.05, 3.63) is 51.9 Å². The van der Waals surface area contributed by atoms with Crippen LogP contribution in [0.15, 0.2) is 39.4 Å². The molecule has 1 unspecified atom stereocenters. The van der Waals surface area contributed by atoms with Crippen LogP contribution in [0.1, 0.15) is 40.6 Å². The summed E-state index contributed by atoms with van der Waals surface area (Å²) in [4.78, 5) is 12.4. The molecule has 1 amide bonds. The van der Waals surface area contributed by atoms with Gasteiger partial charge in [-0.25, -0.2) is 0 Å². The van der Waals surface area contributed by atoms with E-state index < -0.39 is 0 Å². The minimum Gasteiger partial charge on any atom is -0.469 e. The highest BCUT2D eigenvalue weighted by Gasteiger charge is 2.24. The first-order valence-corrected chi connectivity index (χ1v) is 7.36. The molecule has 0 spiro atoms. The molecular formula is C15H15BrN2O2. The Hall–Kier alpha value is -1.75. The Balaban J connectivity index is 1.82. The van der Waals surface area contributed by atoms with Crippen LogP contribution in [0.4, 0.5) is 5.69 Å². The van der Waals surface area contributed by atoms with Gasteiger partial charge in [-0.1, -0.05) is 15.9 Å². The van der Waals surface area contributed by atoms with Crippen molar-refractivity contribution in [2.24, 2.45) is 0 Å². The fraction of sp³-hybridized carbons (Fsp3) is 0.267. The second-order valence-corrected chi connectivity index (χ2v) is 5.86. The molecule has 0 bridgehead atoms. The summed E-state index contributed by atoms with van der Waals surface area (Å²) in [6, 6.07) is 7.22. The summed E-state index contributed by atoms with van der Waals surface area (Å²) in [5, 5.41) is 3.05. The summed E-state index contributed by atoms with van der Waals surface area (Å²) >= 11 is 3.36. The number of fused-ring (bicyclic) bond motifs is 1. The zero-order chi connectivity index (χ0) is 14.1. The van der Waals surface area contributed by atoms with Crippen molar-refractivity contribution in [3.8, 4) is 0 Å². The van der Waals surface area contributed by atoms with E-state index in [1.165, 1.54) is 0 Å². The Morgan fingerprint density at radius 3 is 3.10 bits per heavy atom. The molecule has 0 aliphatic heterocycles. The first-order valence-electron chi connectivity index (χ1n) is 6.57. The van der Waals surface area contributed by atoms with Crippen LogP contribution in [0, 0.1) is 0 Å². The molecule has 104 valence electrons. The maximum absolute atomic E-state index is 12.4. The van der Waals surface area contributed by atoms with Gasteiger partial charge in [0.2, 0.25) is 0 Å². The highest BCUT2D eigenvalue weighted by atomic mass is 79.9. The van der Waals surface area contributed by atoms with E-state index in [4.69, 9.17) is 10.2 Å². The Morgan fingerprint density at radius 1 is 1.40 bits per heavy atom. The van der Waals surface area contributed by atoms with Gasteiger partial charge in [-0.15, -0.1) is 0 Å². The standard InChI is InChI=1S/C15H15BrN2O2/c16-9-4-5-12(17)11(8-9)15(19)18-13-2-1-3-14-10(13)6-7-20-14/h4-8,13H,1-3,17H2,(H,18,19). The van der Waals surface area contributed by atoms with Crippen molar-refractivity contribution >= 4 is 27.5 Å². The Morgan fingerprint density at radius 2 is 2.25 bits per heavy atom. The molecule has 1 aliphatic carbocycles. The van der Waals surface area contributed by atoms with E-state index in [2.05, 4.69) is 21.2 Å². The summed E-state index contributed by atoms with van der Waals surface area (Å²) < 4.78 is 6.27. The number of rotatable bonds is 2. The van der Waals surface area contributed by atoms with E-state index in [0.29, 0.717) is 11.3 Å². The number of hydrogen-bond donors (Lipinski definition) is 2. The number of benzene rings is 1. The fourth-order valence-corrected chi connectivity index (χ4v) is 2.96. The topological polar surface area (TPSA) is 68.3 Å². The average Bonchev–Trinajstić information content (AvgIpc) is 2.91. The molecule has 0 fully saturated rings. The van der Waals surface area contributed by atoms with Crippen LogP contribution in [-0.2, 0) is 6.42 Å². The molecule has 2 aromatic rings. The number of carbonyl (C=O) groups excluding carboxylic acids is 1. The monoisotopic (exact) mass is 334 g/mol. The van der Waals surface area contributed by atoms with E-state index in [1.807, 2.05) is 12.1 Å². The summed E-state index contributed by atoms with van der Waals surface area (Å²) in [5.74, 6) is 0.826. The Labute approximate surface area is 125 Å². The van der Waals surface area contributed by atoms with E-state index in [9.17, 15) is 4.79 Å². The molecule has 1 atom stereocenters. The van der Waals surface area contributed by atoms with E-state index in [-0.39, 0.29) is 11.9 Å². The smallest absolute Gasteiger partial charge is 0.253 e. The first kappa shape index (κ1) is 13.2. The number of carbonyl (C=O) groups is 1. The van der Waals surface area contributed by atoms with Crippen LogP contribution in [0.2, 0.25) is 0 Å². The second-order valence-electron chi connectivity index (χ2n) is 4.95. The van der Waals surface area contributed by atoms with Crippen molar-refractivity contribution < 1.29 is 9.21 Å². The first-order chi connectivity index (χ1) is 9.65. The number of nitrogen functional groups attached to an aromatic ring is 1. The lowest BCUT2D eigenvalue weighted by atomic mass is 9.93. The minimum atomic E-state index is -0.150. The van der Waals surface area contributed by atoms with Crippen molar-refractivity contribution in [2.75, 3.05) is 5.73 Å². The second kappa shape index (κ2) is 5.32. The van der Waals surface area contributed by atoms with E-state index in [1.54, 1.807) is 18.4 Å². The molecule has 20 heavy (non-hydrogen) atoms. The highest BCUT2D eigenvalue weighted by Crippen LogP contribution is 2.31. The third kappa shape index (κ3) is 2.45. The fourth-order valence-electron chi connectivity index (χ4n) is 2.60. The number of nitrogens with two attached hydrogens (primary N) is 1. The predicted molar refractivity (Wildman–Crippen MR) is 80.4 cm³/mol. The third-order valence-electron chi connectivity index (χ3n) is 3.62. The van der Waals surface area contributed by atoms with Gasteiger partial charge in [0, 0.05) is 22.1 Å². The maximum Gasteiger partial charge on any atom is 0.253 e. The minimum absolute atomic E-state index is 0.00313. The third-order valence-corrected chi connectivity index (χ3v) is 4.11. The maximum atomic E-state index is 12.4. The highest BCUT2D eigenvalue weighted by molar-refractivity contribution is 9.10. The number of amides is 1. The van der Waals surface area contributed by atoms with Gasteiger partial charge in [0.15, 0.2) is 0 Å². The van der Waals surface area contributed by atoms with Crippen LogP contribution in [-0.4, -0.2) is 5.91 Å². The molecule has 0 saturated carbocycles. The van der Waals surface area contributed by atoms with Gasteiger partial charge >= 0.3 is 0 Å². The lowest BCUT2D eigenvalue weighted by Crippen LogP contribution is -2.31. The Bertz CT molecular complexity index is 651. The summed E-state index contributed by atoms with van der Waals surface area (Å²) in [7, 11) is 0. The van der Waals surface area contributed by atoms with Gasteiger partial charge in [0.05, 0.1) is 17.9 Å². The molecule has 1 aromatic heterocycles. The summed E-state index contributed by atoms with van der Waals surface area (Å²) in [6.45, 7) is 0. The van der Waals surface area contributed by atoms with Crippen molar-refractivity contribution in [2.45, 2.75) is 25.3 Å². The number of nitrogens with one attached hydrogen (secondary N) is 1. The number of halogens is 1. The number of hydrogen-bond acceptors (Lipinski definition) is 3. The number of furan rings is 1. The molecule has 1 aromatic carbocycles. The van der Waals surface area contributed by atoms with Crippen LogP contribution in [0.3, 0.4) is 0 Å². The number of anilines is 1. The lowest BCUT2D eigenvalue weighted by molar-refractivity contribution is 0.0933. The van der Waals surface area contributed by atoms with Crippen LogP contribution < -0.4 is 11.1 Å². The molecule has 3 rings (SSSR count). The SMILES string of the molecule is Nc1ccc(Br)cc1C(=O)NC1CCCc2occc21. The quantitative estimate of drug-likeness (QED) is 0.826. The molecular weight excluding hydrogens is 320 g/mol. The molecule has 0 saturated heterocycles. The van der Waals surface area contributed by atoms with Gasteiger partial charge in [-0.3, -0.25) is 4.79 Å². The summed E-state index contributed by atoms with van der Waals surface area (Å²) in [5.41, 5.74) is 7.93. The van der Waals surface area contributed by atoms with E-state index >= 15 is 0 Å². The Kier molecular flexibility index (Phi) is 3.53. The molecule has 3 N–H and O–H groups in total. The summed E-state index contributed by atoms with van der Waals surface area (Å²) in [6.07, 6.45) is 4.56. The largest absolute Gasteiger partial charge is 0.469 e. The van der Waals surface area contributed by atoms with Gasteiger partial charge < -0.3 is 15.5 Å². The van der Waals surface area contributed by atoms with Crippen LogP contribution >= 0.6 is 15.9 Å². The van der Waals surface area contributed by atoms with Gasteiger partial charge in [-0.05, 0) is 37.1 Å². The zero-order valence-electron chi connectivity index (χ0n) is 10.9. The van der Waals surface area contributed by atoms with Crippen molar-refractivity contribution in [1.82, 2.24) is 5.32 Å².